The van der Waals surface area contributed by atoms with Crippen LogP contribution >= 0.6 is 0 Å². The van der Waals surface area contributed by atoms with Gasteiger partial charge in [0.05, 0.1) is 13.7 Å². The van der Waals surface area contributed by atoms with Crippen molar-refractivity contribution in [1.29, 1.82) is 0 Å². The first-order valence-electron chi connectivity index (χ1n) is 5.75. The van der Waals surface area contributed by atoms with Crippen LogP contribution in [-0.4, -0.2) is 35.9 Å². The van der Waals surface area contributed by atoms with Crippen LogP contribution < -0.4 is 0 Å². The number of nitrogens with zero attached hydrogens (tertiary/aromatic N) is 2. The number of carbonyl (C=O) groups excluding carboxylic acids is 2. The Morgan fingerprint density at radius 1 is 1.00 bits per heavy atom. The molecule has 0 amide bonds. The number of hydrogen-bond acceptors (Lipinski definition) is 6. The van der Waals surface area contributed by atoms with Crippen molar-refractivity contribution in [2.45, 2.75) is 19.3 Å². The van der Waals surface area contributed by atoms with Gasteiger partial charge in [0.25, 0.3) is 0 Å². The summed E-state index contributed by atoms with van der Waals surface area (Å²) >= 11 is 0. The van der Waals surface area contributed by atoms with Crippen molar-refractivity contribution >= 4 is 11.9 Å². The second kappa shape index (κ2) is 6.38. The number of esters is 2. The molecule has 0 bridgehead atoms. The van der Waals surface area contributed by atoms with E-state index in [1.807, 2.05) is 0 Å². The summed E-state index contributed by atoms with van der Waals surface area (Å²) in [6.45, 7) is 0.885. The first kappa shape index (κ1) is 18.6. The summed E-state index contributed by atoms with van der Waals surface area (Å²) in [6, 6.07) is 0. The van der Waals surface area contributed by atoms with Crippen LogP contribution in [0.25, 0.3) is 0 Å². The predicted molar refractivity (Wildman–Crippen MR) is 59.3 cm³/mol. The van der Waals surface area contributed by atoms with Crippen molar-refractivity contribution in [1.82, 2.24) is 10.2 Å². The first-order valence-corrected chi connectivity index (χ1v) is 5.75. The summed E-state index contributed by atoms with van der Waals surface area (Å²) < 4.78 is 86.0. The van der Waals surface area contributed by atoms with E-state index in [1.165, 1.54) is 6.92 Å². The van der Waals surface area contributed by atoms with Crippen LogP contribution in [0, 0.1) is 0 Å². The molecular weight excluding hydrogens is 338 g/mol. The maximum Gasteiger partial charge on any atom is 0.436 e. The fourth-order valence-electron chi connectivity index (χ4n) is 1.55. The standard InChI is InChI=1S/C11H8F6N2O4/c1-3-23-9(21)6-5(10(12,13)14)4(8(20)22-2)7(19-18-6)11(15,16)17/h3H2,1-2H3. The average molecular weight is 346 g/mol. The summed E-state index contributed by atoms with van der Waals surface area (Å²) in [6.07, 6.45) is -10.9. The van der Waals surface area contributed by atoms with Crippen LogP contribution in [-0.2, 0) is 21.8 Å². The smallest absolute Gasteiger partial charge is 0.436 e. The van der Waals surface area contributed by atoms with E-state index >= 15 is 0 Å². The number of alkyl halides is 6. The van der Waals surface area contributed by atoms with Crippen LogP contribution in [0.2, 0.25) is 0 Å². The summed E-state index contributed by atoms with van der Waals surface area (Å²) in [5.74, 6) is -3.64. The van der Waals surface area contributed by atoms with Crippen molar-refractivity contribution in [2.24, 2.45) is 0 Å². The van der Waals surface area contributed by atoms with Gasteiger partial charge in [-0.05, 0) is 6.92 Å². The Morgan fingerprint density at radius 3 is 1.96 bits per heavy atom. The molecule has 0 spiro atoms. The number of hydrogen-bond donors (Lipinski definition) is 0. The minimum absolute atomic E-state index is 0.369. The molecular formula is C11H8F6N2O4. The highest BCUT2D eigenvalue weighted by atomic mass is 19.4. The van der Waals surface area contributed by atoms with Gasteiger partial charge in [0.2, 0.25) is 0 Å². The lowest BCUT2D eigenvalue weighted by Gasteiger charge is -2.17. The van der Waals surface area contributed by atoms with E-state index in [2.05, 4.69) is 19.7 Å². The van der Waals surface area contributed by atoms with Gasteiger partial charge in [-0.1, -0.05) is 0 Å². The zero-order valence-electron chi connectivity index (χ0n) is 11.5. The van der Waals surface area contributed by atoms with E-state index < -0.39 is 46.8 Å². The van der Waals surface area contributed by atoms with Gasteiger partial charge in [-0.3, -0.25) is 0 Å². The van der Waals surface area contributed by atoms with E-state index in [-0.39, 0.29) is 6.61 Å². The van der Waals surface area contributed by atoms with Crippen LogP contribution in [0.4, 0.5) is 26.3 Å². The molecule has 0 aliphatic rings. The molecule has 0 aliphatic carbocycles. The van der Waals surface area contributed by atoms with Crippen molar-refractivity contribution in [3.8, 4) is 0 Å². The lowest BCUT2D eigenvalue weighted by Crippen LogP contribution is -2.28. The van der Waals surface area contributed by atoms with E-state index in [4.69, 9.17) is 0 Å². The fraction of sp³-hybridized carbons (Fsp3) is 0.455. The van der Waals surface area contributed by atoms with Crippen molar-refractivity contribution in [3.63, 3.8) is 0 Å². The minimum Gasteiger partial charge on any atom is -0.465 e. The minimum atomic E-state index is -5.51. The monoisotopic (exact) mass is 346 g/mol. The third-order valence-electron chi connectivity index (χ3n) is 2.38. The number of ether oxygens (including phenoxy) is 2. The van der Waals surface area contributed by atoms with Crippen molar-refractivity contribution in [2.75, 3.05) is 13.7 Å². The van der Waals surface area contributed by atoms with Gasteiger partial charge in [-0.2, -0.15) is 26.3 Å². The Bertz CT molecular complexity index is 626. The fourth-order valence-corrected chi connectivity index (χ4v) is 1.55. The summed E-state index contributed by atoms with van der Waals surface area (Å²) in [5.41, 5.74) is -7.95. The molecule has 6 nitrogen and oxygen atoms in total. The molecule has 23 heavy (non-hydrogen) atoms. The van der Waals surface area contributed by atoms with Gasteiger partial charge >= 0.3 is 24.3 Å². The van der Waals surface area contributed by atoms with E-state index in [0.29, 0.717) is 7.11 Å². The van der Waals surface area contributed by atoms with Crippen LogP contribution in [0.5, 0.6) is 0 Å². The van der Waals surface area contributed by atoms with E-state index in [0.717, 1.165) is 0 Å². The maximum atomic E-state index is 13.1. The van der Waals surface area contributed by atoms with E-state index in [9.17, 15) is 35.9 Å². The number of methoxy groups -OCH3 is 1. The molecule has 1 rings (SSSR count). The highest BCUT2D eigenvalue weighted by molar-refractivity contribution is 5.97. The highest BCUT2D eigenvalue weighted by Crippen LogP contribution is 2.39. The quantitative estimate of drug-likeness (QED) is 0.618. The van der Waals surface area contributed by atoms with E-state index in [1.54, 1.807) is 0 Å². The third-order valence-corrected chi connectivity index (χ3v) is 2.38. The topological polar surface area (TPSA) is 78.4 Å². The van der Waals surface area contributed by atoms with Gasteiger partial charge in [0, 0.05) is 0 Å². The largest absolute Gasteiger partial charge is 0.465 e. The lowest BCUT2D eigenvalue weighted by molar-refractivity contribution is -0.147. The number of halogens is 6. The Labute approximate surface area is 124 Å². The highest BCUT2D eigenvalue weighted by Gasteiger charge is 2.48. The van der Waals surface area contributed by atoms with Crippen molar-refractivity contribution < 1.29 is 45.4 Å². The molecule has 12 heteroatoms. The normalized spacial score (nSPS) is 12.0. The Hall–Kier alpha value is -2.40. The third kappa shape index (κ3) is 3.87. The summed E-state index contributed by atoms with van der Waals surface area (Å²) in [5, 5.41) is 5.15. The molecule has 0 saturated carbocycles. The molecule has 128 valence electrons. The van der Waals surface area contributed by atoms with Crippen LogP contribution in [0.1, 0.15) is 39.0 Å². The first-order chi connectivity index (χ1) is 10.4. The molecule has 0 saturated heterocycles. The zero-order chi connectivity index (χ0) is 18.0. The van der Waals surface area contributed by atoms with Gasteiger partial charge in [-0.25, -0.2) is 9.59 Å². The summed E-state index contributed by atoms with van der Waals surface area (Å²) in [7, 11) is 0.576. The molecule has 0 N–H and O–H groups in total. The predicted octanol–water partition coefficient (Wildman–Crippen LogP) is 2.48. The molecule has 0 fully saturated rings. The SMILES string of the molecule is CCOC(=O)c1nnc(C(F)(F)F)c(C(=O)OC)c1C(F)(F)F. The molecule has 1 aromatic heterocycles. The molecule has 0 atom stereocenters. The Balaban J connectivity index is 3.85. The number of carbonyl (C=O) groups is 2. The van der Waals surface area contributed by atoms with Gasteiger partial charge in [-0.15, -0.1) is 10.2 Å². The van der Waals surface area contributed by atoms with Crippen LogP contribution in [0.15, 0.2) is 0 Å². The number of rotatable bonds is 3. The lowest BCUT2D eigenvalue weighted by atomic mass is 10.0. The maximum absolute atomic E-state index is 13.1. The Morgan fingerprint density at radius 2 is 1.57 bits per heavy atom. The van der Waals surface area contributed by atoms with Gasteiger partial charge in [0.1, 0.15) is 11.1 Å². The molecule has 0 aliphatic heterocycles. The average Bonchev–Trinajstić information content (AvgIpc) is 2.43. The molecule has 0 unspecified atom stereocenters. The summed E-state index contributed by atoms with van der Waals surface area (Å²) in [4.78, 5) is 22.9. The van der Waals surface area contributed by atoms with Gasteiger partial charge in [0.15, 0.2) is 11.4 Å². The Kier molecular flexibility index (Phi) is 5.17. The molecule has 1 heterocycles. The second-order valence-electron chi connectivity index (χ2n) is 3.85. The molecule has 0 radical (unpaired) electrons. The van der Waals surface area contributed by atoms with Gasteiger partial charge < -0.3 is 9.47 Å². The van der Waals surface area contributed by atoms with Crippen LogP contribution in [0.3, 0.4) is 0 Å². The second-order valence-corrected chi connectivity index (χ2v) is 3.85. The molecule has 1 aromatic rings. The zero-order valence-corrected chi connectivity index (χ0v) is 11.5. The number of aromatic nitrogens is 2. The van der Waals surface area contributed by atoms with Crippen molar-refractivity contribution in [3.05, 3.63) is 22.5 Å². The molecule has 0 aromatic carbocycles.